The highest BCUT2D eigenvalue weighted by Gasteiger charge is 2.38. The van der Waals surface area contributed by atoms with Gasteiger partial charge in [-0.25, -0.2) is 0 Å². The summed E-state index contributed by atoms with van der Waals surface area (Å²) in [7, 11) is 1.61. The Morgan fingerprint density at radius 2 is 1.92 bits per heavy atom. The minimum absolute atomic E-state index is 0.0574. The van der Waals surface area contributed by atoms with Gasteiger partial charge in [-0.3, -0.25) is 9.59 Å². The summed E-state index contributed by atoms with van der Waals surface area (Å²) in [6.07, 6.45) is 5.90. The normalized spacial score (nSPS) is 21.9. The molecular weight excluding hydrogens is 332 g/mol. The van der Waals surface area contributed by atoms with Crippen LogP contribution >= 0.6 is 0 Å². The van der Waals surface area contributed by atoms with Crippen LogP contribution in [0.3, 0.4) is 0 Å². The highest BCUT2D eigenvalue weighted by Crippen LogP contribution is 2.37. The Bertz CT molecular complexity index is 655. The summed E-state index contributed by atoms with van der Waals surface area (Å²) in [5.41, 5.74) is 0.672. The number of ether oxygens (including phenoxy) is 2. The molecule has 0 radical (unpaired) electrons. The maximum atomic E-state index is 12.1. The number of hydrogen-bond donors (Lipinski definition) is 2. The topological polar surface area (TPSA) is 76.7 Å². The number of hydrogen-bond acceptors (Lipinski definition) is 4. The Labute approximate surface area is 154 Å². The van der Waals surface area contributed by atoms with E-state index >= 15 is 0 Å². The maximum absolute atomic E-state index is 12.1. The number of carbonyl (C=O) groups is 2. The summed E-state index contributed by atoms with van der Waals surface area (Å²) in [6, 6.07) is 5.40. The van der Waals surface area contributed by atoms with E-state index in [4.69, 9.17) is 9.47 Å². The third-order valence-corrected chi connectivity index (χ3v) is 5.14. The van der Waals surface area contributed by atoms with Crippen LogP contribution in [0.2, 0.25) is 0 Å². The van der Waals surface area contributed by atoms with Gasteiger partial charge in [-0.2, -0.15) is 0 Å². The molecule has 142 valence electrons. The molecule has 2 N–H and O–H groups in total. The molecule has 0 heterocycles. The fourth-order valence-electron chi connectivity index (χ4n) is 3.37. The van der Waals surface area contributed by atoms with E-state index in [-0.39, 0.29) is 30.3 Å². The van der Waals surface area contributed by atoms with Crippen molar-refractivity contribution in [3.8, 4) is 11.5 Å². The molecule has 2 saturated carbocycles. The first kappa shape index (κ1) is 18.5. The van der Waals surface area contributed by atoms with Crippen molar-refractivity contribution >= 4 is 17.5 Å². The van der Waals surface area contributed by atoms with Crippen molar-refractivity contribution in [2.24, 2.45) is 11.8 Å². The number of methoxy groups -OCH3 is 1. The molecule has 0 spiro atoms. The van der Waals surface area contributed by atoms with E-state index in [9.17, 15) is 9.59 Å². The minimum Gasteiger partial charge on any atom is -0.493 e. The van der Waals surface area contributed by atoms with E-state index in [1.54, 1.807) is 25.3 Å². The molecule has 2 aliphatic rings. The van der Waals surface area contributed by atoms with Crippen molar-refractivity contribution in [3.05, 3.63) is 18.2 Å². The van der Waals surface area contributed by atoms with Crippen LogP contribution in [-0.4, -0.2) is 31.6 Å². The van der Waals surface area contributed by atoms with Gasteiger partial charge in [-0.05, 0) is 50.2 Å². The Balaban J connectivity index is 1.49. The van der Waals surface area contributed by atoms with Gasteiger partial charge in [0.15, 0.2) is 11.5 Å². The van der Waals surface area contributed by atoms with Gasteiger partial charge >= 0.3 is 0 Å². The van der Waals surface area contributed by atoms with Crippen molar-refractivity contribution in [1.29, 1.82) is 0 Å². The van der Waals surface area contributed by atoms with Gasteiger partial charge in [-0.15, -0.1) is 0 Å². The highest BCUT2D eigenvalue weighted by atomic mass is 16.5. The van der Waals surface area contributed by atoms with Crippen LogP contribution in [0.5, 0.6) is 11.5 Å². The molecule has 2 atom stereocenters. The van der Waals surface area contributed by atoms with Crippen LogP contribution in [0.1, 0.15) is 45.4 Å². The van der Waals surface area contributed by atoms with Gasteiger partial charge in [-0.1, -0.05) is 6.92 Å². The zero-order valence-corrected chi connectivity index (χ0v) is 15.5. The molecule has 6 nitrogen and oxygen atoms in total. The third kappa shape index (κ3) is 4.90. The number of nitrogens with one attached hydrogen (secondary N) is 2. The van der Waals surface area contributed by atoms with Gasteiger partial charge < -0.3 is 20.1 Å². The van der Waals surface area contributed by atoms with Crippen molar-refractivity contribution in [3.63, 3.8) is 0 Å². The number of rotatable bonds is 8. The molecule has 26 heavy (non-hydrogen) atoms. The van der Waals surface area contributed by atoms with Crippen LogP contribution in [-0.2, 0) is 9.59 Å². The second-order valence-corrected chi connectivity index (χ2v) is 7.30. The molecule has 0 aromatic heterocycles. The first-order valence-electron chi connectivity index (χ1n) is 9.49. The van der Waals surface area contributed by atoms with Crippen LogP contribution in [0.25, 0.3) is 0 Å². The van der Waals surface area contributed by atoms with Crippen LogP contribution < -0.4 is 20.1 Å². The predicted octanol–water partition coefficient (Wildman–Crippen LogP) is 3.12. The van der Waals surface area contributed by atoms with E-state index in [0.717, 1.165) is 19.3 Å². The van der Waals surface area contributed by atoms with Gasteiger partial charge in [0, 0.05) is 30.6 Å². The van der Waals surface area contributed by atoms with Crippen molar-refractivity contribution in [1.82, 2.24) is 5.32 Å². The molecule has 2 aliphatic carbocycles. The van der Waals surface area contributed by atoms with Crippen molar-refractivity contribution in [2.45, 2.75) is 51.6 Å². The van der Waals surface area contributed by atoms with E-state index in [0.29, 0.717) is 29.6 Å². The Kier molecular flexibility index (Phi) is 6.01. The third-order valence-electron chi connectivity index (χ3n) is 5.14. The molecule has 0 bridgehead atoms. The Morgan fingerprint density at radius 3 is 2.58 bits per heavy atom. The summed E-state index contributed by atoms with van der Waals surface area (Å²) in [5, 5.41) is 5.69. The van der Waals surface area contributed by atoms with Gasteiger partial charge in [0.05, 0.1) is 13.2 Å². The average Bonchev–Trinajstić information content (AvgIpc) is 3.13. The molecule has 2 fully saturated rings. The number of anilines is 1. The van der Waals surface area contributed by atoms with Gasteiger partial charge in [0.1, 0.15) is 0 Å². The zero-order chi connectivity index (χ0) is 18.5. The molecular formula is C20H28N2O4. The highest BCUT2D eigenvalue weighted by molar-refractivity contribution is 5.91. The molecule has 0 aliphatic heterocycles. The largest absolute Gasteiger partial charge is 0.493 e. The van der Waals surface area contributed by atoms with Crippen LogP contribution in [0.15, 0.2) is 18.2 Å². The second-order valence-electron chi connectivity index (χ2n) is 7.30. The first-order chi connectivity index (χ1) is 12.6. The standard InChI is InChI=1S/C20H28N2O4/c1-13-11-16(13)20(24)21-10-9-19(23)22-14-7-8-17(25-2)18(12-14)26-15-5-3-4-6-15/h7-8,12-13,15-16H,3-6,9-11H2,1-2H3,(H,21,24)(H,22,23). The summed E-state index contributed by atoms with van der Waals surface area (Å²) in [6.45, 7) is 2.42. The van der Waals surface area contributed by atoms with E-state index in [1.807, 2.05) is 0 Å². The smallest absolute Gasteiger partial charge is 0.226 e. The average molecular weight is 360 g/mol. The maximum Gasteiger partial charge on any atom is 0.226 e. The molecule has 6 heteroatoms. The lowest BCUT2D eigenvalue weighted by Gasteiger charge is -2.17. The zero-order valence-electron chi connectivity index (χ0n) is 15.5. The minimum atomic E-state index is -0.133. The summed E-state index contributed by atoms with van der Waals surface area (Å²) < 4.78 is 11.4. The molecule has 2 unspecified atom stereocenters. The summed E-state index contributed by atoms with van der Waals surface area (Å²) in [4.78, 5) is 23.9. The van der Waals surface area contributed by atoms with Crippen molar-refractivity contribution in [2.75, 3.05) is 19.0 Å². The van der Waals surface area contributed by atoms with Crippen LogP contribution in [0, 0.1) is 11.8 Å². The molecule has 3 rings (SSSR count). The van der Waals surface area contributed by atoms with Crippen LogP contribution in [0.4, 0.5) is 5.69 Å². The molecule has 2 amide bonds. The van der Waals surface area contributed by atoms with Crippen molar-refractivity contribution < 1.29 is 19.1 Å². The fourth-order valence-corrected chi connectivity index (χ4v) is 3.37. The summed E-state index contributed by atoms with van der Waals surface area (Å²) >= 11 is 0. The lowest BCUT2D eigenvalue weighted by molar-refractivity contribution is -0.122. The molecule has 1 aromatic rings. The summed E-state index contributed by atoms with van der Waals surface area (Å²) in [5.74, 6) is 1.86. The number of benzene rings is 1. The Morgan fingerprint density at radius 1 is 1.19 bits per heavy atom. The fraction of sp³-hybridized carbons (Fsp3) is 0.600. The SMILES string of the molecule is COc1ccc(NC(=O)CCNC(=O)C2CC2C)cc1OC1CCCC1. The lowest BCUT2D eigenvalue weighted by atomic mass is 10.2. The monoisotopic (exact) mass is 360 g/mol. The Hall–Kier alpha value is -2.24. The predicted molar refractivity (Wildman–Crippen MR) is 99.4 cm³/mol. The quantitative estimate of drug-likeness (QED) is 0.747. The second kappa shape index (κ2) is 8.43. The van der Waals surface area contributed by atoms with Gasteiger partial charge in [0.2, 0.25) is 11.8 Å². The number of amides is 2. The van der Waals surface area contributed by atoms with E-state index < -0.39 is 0 Å². The lowest BCUT2D eigenvalue weighted by Crippen LogP contribution is -2.29. The first-order valence-corrected chi connectivity index (χ1v) is 9.49. The van der Waals surface area contributed by atoms with E-state index in [1.165, 1.54) is 12.8 Å². The number of carbonyl (C=O) groups excluding carboxylic acids is 2. The van der Waals surface area contributed by atoms with E-state index in [2.05, 4.69) is 17.6 Å². The molecule has 1 aromatic carbocycles. The molecule has 0 saturated heterocycles. The van der Waals surface area contributed by atoms with Gasteiger partial charge in [0.25, 0.3) is 0 Å².